The summed E-state index contributed by atoms with van der Waals surface area (Å²) in [4.78, 5) is 13.7. The zero-order chi connectivity index (χ0) is 10.8. The summed E-state index contributed by atoms with van der Waals surface area (Å²) in [7, 11) is 0. The average Bonchev–Trinajstić information content (AvgIpc) is 2.61. The third kappa shape index (κ3) is 1.79. The molecular weight excluding hydrogens is 201 g/mol. The minimum Gasteiger partial charge on any atom is -0.388 e. The lowest BCUT2D eigenvalue weighted by Gasteiger charge is -1.97. The summed E-state index contributed by atoms with van der Waals surface area (Å²) in [5.74, 6) is -0.214. The molecule has 0 fully saturated rings. The van der Waals surface area contributed by atoms with Gasteiger partial charge in [0, 0.05) is 0 Å². The molecule has 2 N–H and O–H groups in total. The highest BCUT2D eigenvalue weighted by Crippen LogP contribution is 2.05. The number of hydrogen-bond acceptors (Lipinski definition) is 3. The Bertz CT molecular complexity index is 515. The van der Waals surface area contributed by atoms with Gasteiger partial charge >= 0.3 is 5.69 Å². The summed E-state index contributed by atoms with van der Waals surface area (Å²) < 4.78 is 13.7. The van der Waals surface area contributed by atoms with Crippen molar-refractivity contribution >= 4 is 0 Å². The van der Waals surface area contributed by atoms with Crippen molar-refractivity contribution in [3.05, 3.63) is 46.4 Å². The summed E-state index contributed by atoms with van der Waals surface area (Å²) in [6, 6.07) is 5.32. The first-order valence-electron chi connectivity index (χ1n) is 4.26. The number of hydrogen-bond donors (Lipinski definition) is 2. The van der Waals surface area contributed by atoms with E-state index in [-0.39, 0.29) is 18.2 Å². The standard InChI is InChI=1S/C9H8FN3O2/c10-6-1-3-7(4-2-6)13-9(15)11-8(5-14)12-13/h1-4,14H,5H2,(H,11,12,15). The molecule has 0 saturated carbocycles. The van der Waals surface area contributed by atoms with Gasteiger partial charge in [0.1, 0.15) is 12.4 Å². The number of nitrogens with one attached hydrogen (secondary N) is 1. The number of aromatic nitrogens is 3. The molecule has 0 saturated heterocycles. The first-order chi connectivity index (χ1) is 7.20. The fourth-order valence-electron chi connectivity index (χ4n) is 1.20. The maximum Gasteiger partial charge on any atom is 0.348 e. The molecule has 0 bridgehead atoms. The van der Waals surface area contributed by atoms with Crippen molar-refractivity contribution in [2.24, 2.45) is 0 Å². The van der Waals surface area contributed by atoms with Crippen LogP contribution in [0.15, 0.2) is 29.1 Å². The molecule has 2 rings (SSSR count). The first-order valence-corrected chi connectivity index (χ1v) is 4.26. The molecule has 0 atom stereocenters. The molecule has 2 aromatic rings. The Hall–Kier alpha value is -1.95. The van der Waals surface area contributed by atoms with Crippen LogP contribution in [0.2, 0.25) is 0 Å². The summed E-state index contributed by atoms with van der Waals surface area (Å²) in [6.07, 6.45) is 0. The smallest absolute Gasteiger partial charge is 0.348 e. The van der Waals surface area contributed by atoms with Gasteiger partial charge in [-0.15, -0.1) is 5.10 Å². The van der Waals surface area contributed by atoms with Crippen molar-refractivity contribution in [1.82, 2.24) is 14.8 Å². The largest absolute Gasteiger partial charge is 0.388 e. The molecule has 6 heteroatoms. The minimum absolute atomic E-state index is 0.171. The number of benzene rings is 1. The first kappa shape index (κ1) is 9.60. The average molecular weight is 209 g/mol. The normalized spacial score (nSPS) is 10.5. The fourth-order valence-corrected chi connectivity index (χ4v) is 1.20. The highest BCUT2D eigenvalue weighted by atomic mass is 19.1. The van der Waals surface area contributed by atoms with E-state index in [0.717, 1.165) is 4.68 Å². The molecule has 0 aliphatic carbocycles. The Morgan fingerprint density at radius 2 is 2.07 bits per heavy atom. The van der Waals surface area contributed by atoms with Crippen LogP contribution in [0.4, 0.5) is 4.39 Å². The van der Waals surface area contributed by atoms with Gasteiger partial charge in [0.2, 0.25) is 0 Å². The SMILES string of the molecule is O=c1[nH]c(CO)nn1-c1ccc(F)cc1. The van der Waals surface area contributed by atoms with Gasteiger partial charge in [-0.2, -0.15) is 4.68 Å². The van der Waals surface area contributed by atoms with Crippen LogP contribution in [0.1, 0.15) is 5.82 Å². The number of aliphatic hydroxyl groups excluding tert-OH is 1. The van der Waals surface area contributed by atoms with Gasteiger partial charge in [0.05, 0.1) is 5.69 Å². The van der Waals surface area contributed by atoms with E-state index in [1.807, 2.05) is 0 Å². The van der Waals surface area contributed by atoms with E-state index in [2.05, 4.69) is 10.1 Å². The topological polar surface area (TPSA) is 70.9 Å². The molecule has 0 radical (unpaired) electrons. The fraction of sp³-hybridized carbons (Fsp3) is 0.111. The van der Waals surface area contributed by atoms with Gasteiger partial charge in [-0.1, -0.05) is 0 Å². The lowest BCUT2D eigenvalue weighted by molar-refractivity contribution is 0.271. The van der Waals surface area contributed by atoms with Crippen molar-refractivity contribution < 1.29 is 9.50 Å². The molecule has 78 valence electrons. The van der Waals surface area contributed by atoms with Crippen molar-refractivity contribution in [3.8, 4) is 5.69 Å². The Kier molecular flexibility index (Phi) is 2.34. The molecule has 1 aromatic carbocycles. The summed E-state index contributed by atoms with van der Waals surface area (Å²) >= 11 is 0. The Balaban J connectivity index is 2.49. The summed E-state index contributed by atoms with van der Waals surface area (Å²) in [5, 5.41) is 12.6. The monoisotopic (exact) mass is 209 g/mol. The van der Waals surface area contributed by atoms with Crippen LogP contribution in [0.3, 0.4) is 0 Å². The van der Waals surface area contributed by atoms with Crippen molar-refractivity contribution in [2.75, 3.05) is 0 Å². The van der Waals surface area contributed by atoms with Gasteiger partial charge in [-0.25, -0.2) is 9.18 Å². The highest BCUT2D eigenvalue weighted by molar-refractivity contribution is 5.30. The van der Waals surface area contributed by atoms with Gasteiger partial charge in [-0.05, 0) is 24.3 Å². The van der Waals surface area contributed by atoms with E-state index < -0.39 is 5.69 Å². The van der Waals surface area contributed by atoms with Gasteiger partial charge in [0.15, 0.2) is 5.82 Å². The molecule has 5 nitrogen and oxygen atoms in total. The Labute approximate surface area is 83.8 Å². The molecule has 1 aromatic heterocycles. The lowest BCUT2D eigenvalue weighted by Crippen LogP contribution is -2.15. The molecule has 0 aliphatic rings. The van der Waals surface area contributed by atoms with E-state index >= 15 is 0 Å². The highest BCUT2D eigenvalue weighted by Gasteiger charge is 2.05. The number of aromatic amines is 1. The van der Waals surface area contributed by atoms with Crippen molar-refractivity contribution in [1.29, 1.82) is 0 Å². The molecule has 15 heavy (non-hydrogen) atoms. The number of nitrogens with zero attached hydrogens (tertiary/aromatic N) is 2. The molecular formula is C9H8FN3O2. The van der Waals surface area contributed by atoms with Gasteiger partial charge < -0.3 is 5.11 Å². The lowest BCUT2D eigenvalue weighted by atomic mass is 10.3. The van der Waals surface area contributed by atoms with E-state index in [1.54, 1.807) is 0 Å². The molecule has 0 unspecified atom stereocenters. The van der Waals surface area contributed by atoms with Crippen LogP contribution in [-0.2, 0) is 6.61 Å². The Morgan fingerprint density at radius 3 is 2.60 bits per heavy atom. The second kappa shape index (κ2) is 3.66. The van der Waals surface area contributed by atoms with Crippen LogP contribution in [0.25, 0.3) is 5.69 Å². The maximum atomic E-state index is 12.6. The maximum absolute atomic E-state index is 12.6. The van der Waals surface area contributed by atoms with Gasteiger partial charge in [0.25, 0.3) is 0 Å². The van der Waals surface area contributed by atoms with Crippen molar-refractivity contribution in [3.63, 3.8) is 0 Å². The third-order valence-electron chi connectivity index (χ3n) is 1.89. The van der Waals surface area contributed by atoms with E-state index in [0.29, 0.717) is 5.69 Å². The van der Waals surface area contributed by atoms with Crippen LogP contribution in [0.5, 0.6) is 0 Å². The second-order valence-electron chi connectivity index (χ2n) is 2.92. The van der Waals surface area contributed by atoms with Crippen LogP contribution in [0, 0.1) is 5.82 Å². The molecule has 0 aliphatic heterocycles. The zero-order valence-electron chi connectivity index (χ0n) is 7.64. The predicted octanol–water partition coefficient (Wildman–Crippen LogP) is 0.192. The molecule has 0 spiro atoms. The summed E-state index contributed by atoms with van der Waals surface area (Å²) in [6.45, 7) is -0.344. The van der Waals surface area contributed by atoms with E-state index in [4.69, 9.17) is 5.11 Å². The number of halogens is 1. The van der Waals surface area contributed by atoms with Crippen LogP contribution in [-0.4, -0.2) is 19.9 Å². The summed E-state index contributed by atoms with van der Waals surface area (Å²) in [5.41, 5.74) is -0.0250. The number of aliphatic hydroxyl groups is 1. The number of rotatable bonds is 2. The minimum atomic E-state index is -0.467. The molecule has 1 heterocycles. The quantitative estimate of drug-likeness (QED) is 0.741. The van der Waals surface area contributed by atoms with Crippen LogP contribution < -0.4 is 5.69 Å². The van der Waals surface area contributed by atoms with Gasteiger partial charge in [-0.3, -0.25) is 4.98 Å². The second-order valence-corrected chi connectivity index (χ2v) is 2.92. The zero-order valence-corrected chi connectivity index (χ0v) is 7.64. The Morgan fingerprint density at radius 1 is 1.40 bits per heavy atom. The van der Waals surface area contributed by atoms with E-state index in [9.17, 15) is 9.18 Å². The van der Waals surface area contributed by atoms with Crippen molar-refractivity contribution in [2.45, 2.75) is 6.61 Å². The van der Waals surface area contributed by atoms with E-state index in [1.165, 1.54) is 24.3 Å². The molecule has 0 amide bonds. The van der Waals surface area contributed by atoms with Crippen LogP contribution >= 0.6 is 0 Å². The number of H-pyrrole nitrogens is 1. The third-order valence-corrected chi connectivity index (χ3v) is 1.89. The predicted molar refractivity (Wildman–Crippen MR) is 50.1 cm³/mol.